The van der Waals surface area contributed by atoms with Crippen LogP contribution in [0.5, 0.6) is 0 Å². The molecule has 2 rings (SSSR count). The van der Waals surface area contributed by atoms with Crippen LogP contribution in [0.2, 0.25) is 0 Å². The van der Waals surface area contributed by atoms with Crippen molar-refractivity contribution < 1.29 is 14.7 Å². The number of carboxylic acids is 1. The third-order valence-corrected chi connectivity index (χ3v) is 3.04. The van der Waals surface area contributed by atoms with E-state index in [1.165, 1.54) is 0 Å². The van der Waals surface area contributed by atoms with Gasteiger partial charge in [0.05, 0.1) is 5.69 Å². The zero-order valence-electron chi connectivity index (χ0n) is 9.21. The highest BCUT2D eigenvalue weighted by molar-refractivity contribution is 7.12. The molecule has 0 radical (unpaired) electrons. The number of rotatable bonds is 3. The van der Waals surface area contributed by atoms with E-state index in [2.05, 4.69) is 10.6 Å². The maximum atomic E-state index is 11.6. The number of amides is 2. The van der Waals surface area contributed by atoms with Gasteiger partial charge in [0.1, 0.15) is 4.88 Å². The molecule has 1 aromatic heterocycles. The third-order valence-electron chi connectivity index (χ3n) is 2.14. The molecular weight excluding hydrogens is 252 g/mol. The molecular formula is C12H10N2O3S. The first-order chi connectivity index (χ1) is 8.66. The Bertz CT molecular complexity index is 566. The van der Waals surface area contributed by atoms with Gasteiger partial charge in [-0.25, -0.2) is 9.59 Å². The lowest BCUT2D eigenvalue weighted by Gasteiger charge is -2.06. The standard InChI is InChI=1S/C12H10N2O3S/c15-11(16)10-9(6-7-18-10)14-12(17)13-8-4-2-1-3-5-8/h1-7H,(H,15,16)(H2,13,14,17). The molecule has 92 valence electrons. The minimum atomic E-state index is -1.06. The molecule has 2 amide bonds. The molecule has 0 atom stereocenters. The maximum Gasteiger partial charge on any atom is 0.348 e. The van der Waals surface area contributed by atoms with Crippen LogP contribution in [-0.2, 0) is 0 Å². The van der Waals surface area contributed by atoms with E-state index < -0.39 is 12.0 Å². The second kappa shape index (κ2) is 5.33. The SMILES string of the molecule is O=C(Nc1ccccc1)Nc1ccsc1C(=O)O. The summed E-state index contributed by atoms with van der Waals surface area (Å²) < 4.78 is 0. The molecule has 0 bridgehead atoms. The summed E-state index contributed by atoms with van der Waals surface area (Å²) in [7, 11) is 0. The van der Waals surface area contributed by atoms with Gasteiger partial charge in [-0.3, -0.25) is 0 Å². The number of hydrogen-bond acceptors (Lipinski definition) is 3. The molecule has 0 unspecified atom stereocenters. The van der Waals surface area contributed by atoms with E-state index in [-0.39, 0.29) is 4.88 Å². The van der Waals surface area contributed by atoms with E-state index in [0.29, 0.717) is 11.4 Å². The fraction of sp³-hybridized carbons (Fsp3) is 0. The average Bonchev–Trinajstić information content (AvgIpc) is 2.78. The smallest absolute Gasteiger partial charge is 0.348 e. The molecule has 0 aliphatic carbocycles. The number of benzene rings is 1. The Morgan fingerprint density at radius 2 is 1.78 bits per heavy atom. The highest BCUT2D eigenvalue weighted by Gasteiger charge is 2.13. The molecule has 1 aromatic carbocycles. The van der Waals surface area contributed by atoms with E-state index in [1.54, 1.807) is 35.7 Å². The van der Waals surface area contributed by atoms with Gasteiger partial charge < -0.3 is 15.7 Å². The molecule has 0 spiro atoms. The van der Waals surface area contributed by atoms with Gasteiger partial charge >= 0.3 is 12.0 Å². The Labute approximate surface area is 107 Å². The van der Waals surface area contributed by atoms with Crippen molar-refractivity contribution >= 4 is 34.7 Å². The summed E-state index contributed by atoms with van der Waals surface area (Å²) in [5, 5.41) is 15.6. The Kier molecular flexibility index (Phi) is 3.59. The van der Waals surface area contributed by atoms with Crippen LogP contribution >= 0.6 is 11.3 Å². The molecule has 5 nitrogen and oxygen atoms in total. The van der Waals surface area contributed by atoms with Gasteiger partial charge in [-0.2, -0.15) is 0 Å². The Hall–Kier alpha value is -2.34. The highest BCUT2D eigenvalue weighted by Crippen LogP contribution is 2.22. The minimum Gasteiger partial charge on any atom is -0.477 e. The molecule has 0 aliphatic rings. The van der Waals surface area contributed by atoms with Gasteiger partial charge in [0.25, 0.3) is 0 Å². The Balaban J connectivity index is 2.04. The number of nitrogens with one attached hydrogen (secondary N) is 2. The van der Waals surface area contributed by atoms with Crippen molar-refractivity contribution in [2.75, 3.05) is 10.6 Å². The fourth-order valence-corrected chi connectivity index (χ4v) is 2.07. The molecule has 0 aliphatic heterocycles. The van der Waals surface area contributed by atoms with Gasteiger partial charge in [-0.05, 0) is 23.6 Å². The van der Waals surface area contributed by atoms with Crippen molar-refractivity contribution in [3.05, 3.63) is 46.7 Å². The van der Waals surface area contributed by atoms with Crippen LogP contribution in [0.15, 0.2) is 41.8 Å². The van der Waals surface area contributed by atoms with E-state index in [4.69, 9.17) is 5.11 Å². The number of anilines is 2. The lowest BCUT2D eigenvalue weighted by molar-refractivity contribution is 0.0703. The van der Waals surface area contributed by atoms with Crippen molar-refractivity contribution in [2.24, 2.45) is 0 Å². The van der Waals surface area contributed by atoms with E-state index in [0.717, 1.165) is 11.3 Å². The number of para-hydroxylation sites is 1. The molecule has 1 heterocycles. The maximum absolute atomic E-state index is 11.6. The van der Waals surface area contributed by atoms with Crippen molar-refractivity contribution in [1.82, 2.24) is 0 Å². The van der Waals surface area contributed by atoms with Gasteiger partial charge in [0.15, 0.2) is 0 Å². The number of aromatic carboxylic acids is 1. The van der Waals surface area contributed by atoms with Crippen LogP contribution in [-0.4, -0.2) is 17.1 Å². The molecule has 0 saturated heterocycles. The number of carboxylic acid groups (broad SMARTS) is 1. The summed E-state index contributed by atoms with van der Waals surface area (Å²) in [5.41, 5.74) is 0.933. The predicted molar refractivity (Wildman–Crippen MR) is 70.4 cm³/mol. The van der Waals surface area contributed by atoms with Crippen molar-refractivity contribution in [1.29, 1.82) is 0 Å². The van der Waals surface area contributed by atoms with Crippen LogP contribution in [0.25, 0.3) is 0 Å². The van der Waals surface area contributed by atoms with Crippen LogP contribution in [0, 0.1) is 0 Å². The highest BCUT2D eigenvalue weighted by atomic mass is 32.1. The molecule has 0 fully saturated rings. The monoisotopic (exact) mass is 262 g/mol. The summed E-state index contributed by atoms with van der Waals surface area (Å²) in [6.07, 6.45) is 0. The number of thiophene rings is 1. The van der Waals surface area contributed by atoms with Crippen molar-refractivity contribution in [3.63, 3.8) is 0 Å². The van der Waals surface area contributed by atoms with E-state index in [9.17, 15) is 9.59 Å². The topological polar surface area (TPSA) is 78.4 Å². The number of urea groups is 1. The lowest BCUT2D eigenvalue weighted by Crippen LogP contribution is -2.20. The zero-order chi connectivity index (χ0) is 13.0. The summed E-state index contributed by atoms with van der Waals surface area (Å²) in [4.78, 5) is 22.6. The van der Waals surface area contributed by atoms with Crippen LogP contribution < -0.4 is 10.6 Å². The van der Waals surface area contributed by atoms with Crippen LogP contribution in [0.3, 0.4) is 0 Å². The molecule has 2 aromatic rings. The first-order valence-corrected chi connectivity index (χ1v) is 5.98. The van der Waals surface area contributed by atoms with Gasteiger partial charge in [0.2, 0.25) is 0 Å². The first-order valence-electron chi connectivity index (χ1n) is 5.10. The van der Waals surface area contributed by atoms with Crippen molar-refractivity contribution in [3.8, 4) is 0 Å². The Morgan fingerprint density at radius 1 is 1.06 bits per heavy atom. The summed E-state index contributed by atoms with van der Waals surface area (Å²) in [6.45, 7) is 0. The molecule has 18 heavy (non-hydrogen) atoms. The van der Waals surface area contributed by atoms with Crippen LogP contribution in [0.4, 0.5) is 16.2 Å². The van der Waals surface area contributed by atoms with E-state index >= 15 is 0 Å². The average molecular weight is 262 g/mol. The second-order valence-corrected chi connectivity index (χ2v) is 4.33. The summed E-state index contributed by atoms with van der Waals surface area (Å²) in [5.74, 6) is -1.06. The predicted octanol–water partition coefficient (Wildman–Crippen LogP) is 3.09. The molecule has 3 N–H and O–H groups in total. The van der Waals surface area contributed by atoms with E-state index in [1.807, 2.05) is 6.07 Å². The molecule has 6 heteroatoms. The largest absolute Gasteiger partial charge is 0.477 e. The summed E-state index contributed by atoms with van der Waals surface area (Å²) in [6, 6.07) is 9.99. The Morgan fingerprint density at radius 3 is 2.44 bits per heavy atom. The normalized spacial score (nSPS) is 9.78. The first kappa shape index (κ1) is 12.1. The quantitative estimate of drug-likeness (QED) is 0.795. The molecule has 0 saturated carbocycles. The third kappa shape index (κ3) is 2.86. The second-order valence-electron chi connectivity index (χ2n) is 3.41. The zero-order valence-corrected chi connectivity index (χ0v) is 10.0. The number of hydrogen-bond donors (Lipinski definition) is 3. The van der Waals surface area contributed by atoms with Crippen molar-refractivity contribution in [2.45, 2.75) is 0 Å². The number of carbonyl (C=O) groups is 2. The number of carbonyl (C=O) groups excluding carboxylic acids is 1. The summed E-state index contributed by atoms with van der Waals surface area (Å²) >= 11 is 1.06. The van der Waals surface area contributed by atoms with Crippen LogP contribution in [0.1, 0.15) is 9.67 Å². The fourth-order valence-electron chi connectivity index (χ4n) is 1.38. The van der Waals surface area contributed by atoms with Gasteiger partial charge in [0, 0.05) is 5.69 Å². The minimum absolute atomic E-state index is 0.109. The van der Waals surface area contributed by atoms with Gasteiger partial charge in [-0.15, -0.1) is 11.3 Å². The lowest BCUT2D eigenvalue weighted by atomic mass is 10.3. The van der Waals surface area contributed by atoms with Gasteiger partial charge in [-0.1, -0.05) is 18.2 Å².